The molecule has 1 unspecified atom stereocenters. The SMILES string of the molecule is Nc1nnc(CS(=O)(=O)C2=NNCC2c2ccc(Cl)cc2)s1. The number of nitrogens with two attached hydrogens (primary N) is 1. The van der Waals surface area contributed by atoms with Crippen LogP contribution in [0.4, 0.5) is 5.13 Å². The second-order valence-electron chi connectivity index (χ2n) is 4.71. The molecule has 0 fully saturated rings. The van der Waals surface area contributed by atoms with Crippen LogP contribution in [0.15, 0.2) is 29.4 Å². The van der Waals surface area contributed by atoms with Crippen molar-refractivity contribution in [3.63, 3.8) is 0 Å². The number of anilines is 1. The van der Waals surface area contributed by atoms with E-state index in [-0.39, 0.29) is 21.8 Å². The van der Waals surface area contributed by atoms with Crippen molar-refractivity contribution in [1.82, 2.24) is 15.6 Å². The number of sulfone groups is 1. The van der Waals surface area contributed by atoms with Crippen LogP contribution < -0.4 is 11.2 Å². The lowest BCUT2D eigenvalue weighted by atomic mass is 10.0. The van der Waals surface area contributed by atoms with E-state index < -0.39 is 9.84 Å². The molecule has 1 aliphatic rings. The fourth-order valence-corrected chi connectivity index (χ4v) is 4.80. The zero-order chi connectivity index (χ0) is 15.7. The first-order chi connectivity index (χ1) is 10.5. The molecule has 0 saturated heterocycles. The van der Waals surface area contributed by atoms with Gasteiger partial charge in [-0.2, -0.15) is 5.10 Å². The van der Waals surface area contributed by atoms with Crippen molar-refractivity contribution in [2.45, 2.75) is 11.7 Å². The number of nitrogens with zero attached hydrogens (tertiary/aromatic N) is 3. The van der Waals surface area contributed by atoms with Crippen LogP contribution in [0.25, 0.3) is 0 Å². The average Bonchev–Trinajstić information content (AvgIpc) is 3.09. The molecule has 0 spiro atoms. The number of halogens is 1. The highest BCUT2D eigenvalue weighted by Crippen LogP contribution is 2.27. The lowest BCUT2D eigenvalue weighted by Crippen LogP contribution is -2.23. The second kappa shape index (κ2) is 5.82. The summed E-state index contributed by atoms with van der Waals surface area (Å²) in [4.78, 5) is 0. The highest BCUT2D eigenvalue weighted by atomic mass is 35.5. The molecule has 0 amide bonds. The largest absolute Gasteiger partial charge is 0.374 e. The summed E-state index contributed by atoms with van der Waals surface area (Å²) in [6.45, 7) is 0.425. The van der Waals surface area contributed by atoms with Crippen LogP contribution in [0.5, 0.6) is 0 Å². The van der Waals surface area contributed by atoms with E-state index in [1.165, 1.54) is 0 Å². The van der Waals surface area contributed by atoms with Crippen LogP contribution in [-0.2, 0) is 15.6 Å². The average molecular weight is 358 g/mol. The van der Waals surface area contributed by atoms with Crippen LogP contribution >= 0.6 is 22.9 Å². The number of hydrogen-bond donors (Lipinski definition) is 2. The van der Waals surface area contributed by atoms with Gasteiger partial charge in [0.1, 0.15) is 10.8 Å². The van der Waals surface area contributed by atoms with Crippen molar-refractivity contribution in [3.05, 3.63) is 39.9 Å². The van der Waals surface area contributed by atoms with Gasteiger partial charge in [0, 0.05) is 11.6 Å². The number of hydrazone groups is 1. The predicted octanol–water partition coefficient (Wildman–Crippen LogP) is 1.39. The van der Waals surface area contributed by atoms with Gasteiger partial charge < -0.3 is 11.2 Å². The zero-order valence-corrected chi connectivity index (χ0v) is 13.6. The van der Waals surface area contributed by atoms with E-state index in [0.29, 0.717) is 16.6 Å². The van der Waals surface area contributed by atoms with Crippen molar-refractivity contribution < 1.29 is 8.42 Å². The van der Waals surface area contributed by atoms with Gasteiger partial charge in [-0.1, -0.05) is 35.1 Å². The Kier molecular flexibility index (Phi) is 4.02. The summed E-state index contributed by atoms with van der Waals surface area (Å²) < 4.78 is 25.1. The molecule has 22 heavy (non-hydrogen) atoms. The van der Waals surface area contributed by atoms with Crippen molar-refractivity contribution >= 4 is 43.0 Å². The van der Waals surface area contributed by atoms with Gasteiger partial charge in [0.05, 0.1) is 5.92 Å². The minimum Gasteiger partial charge on any atom is -0.374 e. The maximum Gasteiger partial charge on any atom is 0.203 e. The molecule has 1 aliphatic heterocycles. The van der Waals surface area contributed by atoms with Gasteiger partial charge in [-0.15, -0.1) is 10.2 Å². The molecule has 1 aromatic carbocycles. The van der Waals surface area contributed by atoms with Crippen LogP contribution in [0.3, 0.4) is 0 Å². The van der Waals surface area contributed by atoms with E-state index in [9.17, 15) is 8.42 Å². The quantitative estimate of drug-likeness (QED) is 0.858. The van der Waals surface area contributed by atoms with E-state index in [2.05, 4.69) is 20.7 Å². The summed E-state index contributed by atoms with van der Waals surface area (Å²) in [6, 6.07) is 7.05. The standard InChI is InChI=1S/C12H12ClN5O2S2/c13-8-3-1-7(2-4-8)9-5-15-17-11(9)22(19,20)6-10-16-18-12(14)21-10/h1-4,9,15H,5-6H2,(H2,14,18). The molecule has 0 radical (unpaired) electrons. The van der Waals surface area contributed by atoms with Gasteiger partial charge in [-0.3, -0.25) is 0 Å². The molecule has 2 heterocycles. The third-order valence-corrected chi connectivity index (χ3v) is 6.02. The molecule has 2 aromatic rings. The minimum atomic E-state index is -3.60. The fraction of sp³-hybridized carbons (Fsp3) is 0.250. The van der Waals surface area contributed by atoms with Gasteiger partial charge in [0.25, 0.3) is 0 Å². The topological polar surface area (TPSA) is 110 Å². The number of nitrogens with one attached hydrogen (secondary N) is 1. The van der Waals surface area contributed by atoms with E-state index in [1.807, 2.05) is 0 Å². The zero-order valence-electron chi connectivity index (χ0n) is 11.2. The monoisotopic (exact) mass is 357 g/mol. The first kappa shape index (κ1) is 15.2. The molecule has 0 aliphatic carbocycles. The molecule has 0 saturated carbocycles. The normalized spacial score (nSPS) is 18.0. The minimum absolute atomic E-state index is 0.101. The lowest BCUT2D eigenvalue weighted by Gasteiger charge is -2.12. The van der Waals surface area contributed by atoms with Crippen LogP contribution in [-0.4, -0.2) is 30.2 Å². The molecule has 3 rings (SSSR count). The van der Waals surface area contributed by atoms with Gasteiger partial charge in [0.15, 0.2) is 5.04 Å². The number of hydrogen-bond acceptors (Lipinski definition) is 8. The molecule has 3 N–H and O–H groups in total. The molecular formula is C12H12ClN5O2S2. The predicted molar refractivity (Wildman–Crippen MR) is 86.6 cm³/mol. The number of aromatic nitrogens is 2. The Morgan fingerprint density at radius 2 is 2.05 bits per heavy atom. The Morgan fingerprint density at radius 3 is 2.68 bits per heavy atom. The highest BCUT2D eigenvalue weighted by Gasteiger charge is 2.34. The number of benzene rings is 1. The maximum absolute atomic E-state index is 12.6. The second-order valence-corrected chi connectivity index (χ2v) is 8.18. The number of nitrogen functional groups attached to an aromatic ring is 1. The molecule has 116 valence electrons. The molecule has 1 atom stereocenters. The highest BCUT2D eigenvalue weighted by molar-refractivity contribution is 8.05. The van der Waals surface area contributed by atoms with Crippen LogP contribution in [0.2, 0.25) is 5.02 Å². The first-order valence-electron chi connectivity index (χ1n) is 6.32. The third kappa shape index (κ3) is 3.06. The Bertz CT molecular complexity index is 816. The molecule has 10 heteroatoms. The summed E-state index contributed by atoms with van der Waals surface area (Å²) in [5.41, 5.74) is 9.07. The number of rotatable bonds is 3. The van der Waals surface area contributed by atoms with E-state index in [0.717, 1.165) is 16.9 Å². The summed E-state index contributed by atoms with van der Waals surface area (Å²) >= 11 is 6.92. The first-order valence-corrected chi connectivity index (χ1v) is 9.17. The fourth-order valence-electron chi connectivity index (χ4n) is 2.18. The molecule has 1 aromatic heterocycles. The van der Waals surface area contributed by atoms with Crippen molar-refractivity contribution in [2.24, 2.45) is 5.10 Å². The van der Waals surface area contributed by atoms with E-state index in [1.54, 1.807) is 24.3 Å². The van der Waals surface area contributed by atoms with E-state index in [4.69, 9.17) is 17.3 Å². The summed E-state index contributed by atoms with van der Waals surface area (Å²) in [5, 5.41) is 12.6. The van der Waals surface area contributed by atoms with Gasteiger partial charge in [-0.25, -0.2) is 8.42 Å². The van der Waals surface area contributed by atoms with Gasteiger partial charge in [-0.05, 0) is 17.7 Å². The summed E-state index contributed by atoms with van der Waals surface area (Å²) in [6.07, 6.45) is 0. The van der Waals surface area contributed by atoms with Gasteiger partial charge >= 0.3 is 0 Å². The van der Waals surface area contributed by atoms with Crippen LogP contribution in [0.1, 0.15) is 16.5 Å². The third-order valence-electron chi connectivity index (χ3n) is 3.17. The smallest absolute Gasteiger partial charge is 0.203 e. The van der Waals surface area contributed by atoms with Crippen molar-refractivity contribution in [3.8, 4) is 0 Å². The Balaban J connectivity index is 1.87. The van der Waals surface area contributed by atoms with E-state index >= 15 is 0 Å². The molecular weight excluding hydrogens is 346 g/mol. The Labute approximate surface area is 136 Å². The van der Waals surface area contributed by atoms with Crippen molar-refractivity contribution in [1.29, 1.82) is 0 Å². The maximum atomic E-state index is 12.6. The molecule has 0 bridgehead atoms. The van der Waals surface area contributed by atoms with Crippen molar-refractivity contribution in [2.75, 3.05) is 12.3 Å². The van der Waals surface area contributed by atoms with Crippen LogP contribution in [0, 0.1) is 0 Å². The summed E-state index contributed by atoms with van der Waals surface area (Å²) in [5.74, 6) is -0.598. The Morgan fingerprint density at radius 1 is 1.32 bits per heavy atom. The summed E-state index contributed by atoms with van der Waals surface area (Å²) in [7, 11) is -3.60. The molecule has 7 nitrogen and oxygen atoms in total. The Hall–Kier alpha value is -1.71. The van der Waals surface area contributed by atoms with Gasteiger partial charge in [0.2, 0.25) is 15.0 Å². The lowest BCUT2D eigenvalue weighted by molar-refractivity contribution is 0.605.